The number of aromatic nitrogens is 1. The zero-order valence-electron chi connectivity index (χ0n) is 11.5. The summed E-state index contributed by atoms with van der Waals surface area (Å²) in [6.07, 6.45) is 0. The smallest absolute Gasteiger partial charge is 0.217 e. The van der Waals surface area contributed by atoms with Crippen molar-refractivity contribution in [3.05, 3.63) is 52.7 Å². The van der Waals surface area contributed by atoms with Crippen LogP contribution in [-0.4, -0.2) is 10.9 Å². The molecule has 0 atom stereocenters. The van der Waals surface area contributed by atoms with Gasteiger partial charge in [-0.3, -0.25) is 4.79 Å². The van der Waals surface area contributed by atoms with Crippen LogP contribution in [0.4, 0.5) is 0 Å². The van der Waals surface area contributed by atoms with Gasteiger partial charge in [0.2, 0.25) is 5.91 Å². The fourth-order valence-corrected chi connectivity index (χ4v) is 3.58. The predicted octanol–water partition coefficient (Wildman–Crippen LogP) is 4.17. The molecule has 0 saturated heterocycles. The maximum atomic E-state index is 10.9. The van der Waals surface area contributed by atoms with E-state index >= 15 is 0 Å². The molecule has 2 aromatic heterocycles. The second kappa shape index (κ2) is 6.20. The lowest BCUT2D eigenvalue weighted by molar-refractivity contribution is -0.119. The Bertz CT molecular complexity index is 730. The Morgan fingerprint density at radius 1 is 1.19 bits per heavy atom. The molecule has 3 nitrogen and oxygen atoms in total. The number of thiophene rings is 1. The van der Waals surface area contributed by atoms with Gasteiger partial charge in [-0.15, -0.1) is 22.7 Å². The van der Waals surface area contributed by atoms with E-state index in [1.54, 1.807) is 22.7 Å². The number of hydrogen-bond donors (Lipinski definition) is 1. The first-order valence-corrected chi connectivity index (χ1v) is 8.31. The monoisotopic (exact) mass is 314 g/mol. The minimum absolute atomic E-state index is 0.0147. The summed E-state index contributed by atoms with van der Waals surface area (Å²) in [5, 5.41) is 7.99. The van der Waals surface area contributed by atoms with Crippen molar-refractivity contribution in [2.75, 3.05) is 0 Å². The Labute approximate surface area is 131 Å². The van der Waals surface area contributed by atoms with Gasteiger partial charge in [0.05, 0.1) is 10.6 Å². The van der Waals surface area contributed by atoms with Gasteiger partial charge in [0.1, 0.15) is 5.01 Å². The van der Waals surface area contributed by atoms with Gasteiger partial charge in [-0.25, -0.2) is 4.98 Å². The Balaban J connectivity index is 1.76. The van der Waals surface area contributed by atoms with E-state index in [2.05, 4.69) is 27.1 Å². The lowest BCUT2D eigenvalue weighted by Crippen LogP contribution is -2.18. The molecule has 0 aliphatic heterocycles. The van der Waals surface area contributed by atoms with Crippen LogP contribution in [0.5, 0.6) is 0 Å². The van der Waals surface area contributed by atoms with Crippen LogP contribution in [0.3, 0.4) is 0 Å². The molecule has 0 unspecified atom stereocenters. The fourth-order valence-electron chi connectivity index (χ4n) is 1.94. The second-order valence-corrected chi connectivity index (χ2v) is 6.43. The third-order valence-corrected chi connectivity index (χ3v) is 4.91. The van der Waals surface area contributed by atoms with E-state index < -0.39 is 0 Å². The number of nitrogens with zero attached hydrogens (tertiary/aromatic N) is 1. The van der Waals surface area contributed by atoms with Crippen LogP contribution in [0.2, 0.25) is 0 Å². The van der Waals surface area contributed by atoms with E-state index in [9.17, 15) is 4.79 Å². The lowest BCUT2D eigenvalue weighted by atomic mass is 10.1. The van der Waals surface area contributed by atoms with Crippen molar-refractivity contribution < 1.29 is 4.79 Å². The molecule has 21 heavy (non-hydrogen) atoms. The second-order valence-electron chi connectivity index (χ2n) is 4.62. The fraction of sp³-hybridized carbons (Fsp3) is 0.125. The summed E-state index contributed by atoms with van der Waals surface area (Å²) in [6.45, 7) is 2.09. The van der Waals surface area contributed by atoms with Crippen LogP contribution < -0.4 is 5.32 Å². The number of carbonyl (C=O) groups excluding carboxylic acids is 1. The van der Waals surface area contributed by atoms with E-state index in [4.69, 9.17) is 0 Å². The van der Waals surface area contributed by atoms with Crippen LogP contribution in [0.1, 0.15) is 12.5 Å². The van der Waals surface area contributed by atoms with Gasteiger partial charge in [0, 0.05) is 24.4 Å². The van der Waals surface area contributed by atoms with Crippen LogP contribution in [0.15, 0.2) is 47.2 Å². The summed E-state index contributed by atoms with van der Waals surface area (Å²) in [4.78, 5) is 16.8. The van der Waals surface area contributed by atoms with E-state index in [1.807, 2.05) is 30.3 Å². The minimum Gasteiger partial charge on any atom is -0.352 e. The summed E-state index contributed by atoms with van der Waals surface area (Å²) in [5.41, 5.74) is 3.18. The molecule has 1 aromatic carbocycles. The maximum Gasteiger partial charge on any atom is 0.217 e. The van der Waals surface area contributed by atoms with Gasteiger partial charge in [0.25, 0.3) is 0 Å². The molecule has 1 N–H and O–H groups in total. The van der Waals surface area contributed by atoms with Crippen molar-refractivity contribution >= 4 is 28.6 Å². The molecule has 2 heterocycles. The first kappa shape index (κ1) is 14.0. The van der Waals surface area contributed by atoms with Gasteiger partial charge in [0.15, 0.2) is 0 Å². The molecule has 3 rings (SSSR count). The molecule has 0 radical (unpaired) electrons. The van der Waals surface area contributed by atoms with Gasteiger partial charge in [-0.2, -0.15) is 0 Å². The van der Waals surface area contributed by atoms with Crippen molar-refractivity contribution in [3.63, 3.8) is 0 Å². The highest BCUT2D eigenvalue weighted by Crippen LogP contribution is 2.31. The third kappa shape index (κ3) is 3.37. The summed E-state index contributed by atoms with van der Waals surface area (Å²) in [6, 6.07) is 12.3. The Morgan fingerprint density at radius 3 is 2.67 bits per heavy atom. The minimum atomic E-state index is -0.0147. The van der Waals surface area contributed by atoms with Crippen molar-refractivity contribution in [3.8, 4) is 21.1 Å². The molecule has 0 fully saturated rings. The molecular formula is C16H14N2OS2. The van der Waals surface area contributed by atoms with Crippen LogP contribution in [0, 0.1) is 0 Å². The Morgan fingerprint density at radius 2 is 2.00 bits per heavy atom. The molecule has 0 saturated carbocycles. The summed E-state index contributed by atoms with van der Waals surface area (Å²) >= 11 is 3.37. The van der Waals surface area contributed by atoms with Gasteiger partial charge in [-0.05, 0) is 17.0 Å². The standard InChI is InChI=1S/C16H14N2OS2/c1-11(19)17-9-12-4-6-13(7-5-12)14-10-21-16(18-14)15-3-2-8-20-15/h2-8,10H,9H2,1H3,(H,17,19). The van der Waals surface area contributed by atoms with Crippen molar-refractivity contribution in [2.24, 2.45) is 0 Å². The SMILES string of the molecule is CC(=O)NCc1ccc(-c2csc(-c3cccs3)n2)cc1. The number of thiazole rings is 1. The molecule has 0 aliphatic carbocycles. The zero-order valence-corrected chi connectivity index (χ0v) is 13.1. The Kier molecular flexibility index (Phi) is 4.13. The van der Waals surface area contributed by atoms with Crippen molar-refractivity contribution in [2.45, 2.75) is 13.5 Å². The quantitative estimate of drug-likeness (QED) is 0.785. The van der Waals surface area contributed by atoms with Gasteiger partial charge >= 0.3 is 0 Å². The molecule has 0 bridgehead atoms. The topological polar surface area (TPSA) is 42.0 Å². The van der Waals surface area contributed by atoms with E-state index in [-0.39, 0.29) is 5.91 Å². The molecule has 3 aromatic rings. The van der Waals surface area contributed by atoms with Gasteiger partial charge < -0.3 is 5.32 Å². The van der Waals surface area contributed by atoms with Crippen LogP contribution in [0.25, 0.3) is 21.1 Å². The molecular weight excluding hydrogens is 300 g/mol. The largest absolute Gasteiger partial charge is 0.352 e. The zero-order chi connectivity index (χ0) is 14.7. The highest BCUT2D eigenvalue weighted by atomic mass is 32.1. The summed E-state index contributed by atoms with van der Waals surface area (Å²) in [5.74, 6) is -0.0147. The van der Waals surface area contributed by atoms with Crippen LogP contribution in [-0.2, 0) is 11.3 Å². The average Bonchev–Trinajstić information content (AvgIpc) is 3.16. The summed E-state index contributed by atoms with van der Waals surface area (Å²) < 4.78 is 0. The van der Waals surface area contributed by atoms with E-state index in [0.29, 0.717) is 6.54 Å². The number of benzene rings is 1. The van der Waals surface area contributed by atoms with Crippen LogP contribution >= 0.6 is 22.7 Å². The average molecular weight is 314 g/mol. The Hall–Kier alpha value is -1.98. The number of nitrogens with one attached hydrogen (secondary N) is 1. The summed E-state index contributed by atoms with van der Waals surface area (Å²) in [7, 11) is 0. The highest BCUT2D eigenvalue weighted by molar-refractivity contribution is 7.20. The number of rotatable bonds is 4. The highest BCUT2D eigenvalue weighted by Gasteiger charge is 2.07. The first-order valence-electron chi connectivity index (χ1n) is 6.55. The van der Waals surface area contributed by atoms with E-state index in [0.717, 1.165) is 21.8 Å². The maximum absolute atomic E-state index is 10.9. The normalized spacial score (nSPS) is 10.5. The molecule has 0 spiro atoms. The van der Waals surface area contributed by atoms with Crippen molar-refractivity contribution in [1.82, 2.24) is 10.3 Å². The molecule has 1 amide bonds. The lowest BCUT2D eigenvalue weighted by Gasteiger charge is -2.03. The number of hydrogen-bond acceptors (Lipinski definition) is 4. The third-order valence-electron chi connectivity index (χ3n) is 3.03. The molecule has 106 valence electrons. The predicted molar refractivity (Wildman–Crippen MR) is 88.4 cm³/mol. The van der Waals surface area contributed by atoms with Crippen molar-refractivity contribution in [1.29, 1.82) is 0 Å². The first-order chi connectivity index (χ1) is 10.2. The number of amides is 1. The van der Waals surface area contributed by atoms with Gasteiger partial charge in [-0.1, -0.05) is 30.3 Å². The number of carbonyl (C=O) groups is 1. The molecule has 0 aliphatic rings. The molecule has 5 heteroatoms. The van der Waals surface area contributed by atoms with E-state index in [1.165, 1.54) is 11.8 Å².